The van der Waals surface area contributed by atoms with Crippen LogP contribution in [0.15, 0.2) is 42.5 Å². The Morgan fingerprint density at radius 3 is 2.17 bits per heavy atom. The molecule has 2 radical (unpaired) electrons. The molecule has 0 fully saturated rings. The fourth-order valence-corrected chi connectivity index (χ4v) is 1.07. The van der Waals surface area contributed by atoms with Crippen molar-refractivity contribution in [1.82, 2.24) is 0 Å². The Bertz CT molecular complexity index is 385. The third kappa shape index (κ3) is 12.6. The van der Waals surface area contributed by atoms with Crippen LogP contribution in [0.1, 0.15) is 0 Å². The summed E-state index contributed by atoms with van der Waals surface area (Å²) in [4.78, 5) is 0. The van der Waals surface area contributed by atoms with Crippen molar-refractivity contribution < 1.29 is 26.3 Å². The van der Waals surface area contributed by atoms with Gasteiger partial charge in [-0.15, -0.1) is 54.5 Å². The van der Waals surface area contributed by atoms with Crippen molar-refractivity contribution in [3.05, 3.63) is 56.8 Å². The van der Waals surface area contributed by atoms with Crippen LogP contribution in [-0.4, -0.2) is 19.3 Å². The maximum atomic E-state index is 8.97. The number of rotatable bonds is 0. The molecule has 0 saturated carbocycles. The van der Waals surface area contributed by atoms with Gasteiger partial charge in [-0.2, -0.15) is 17.5 Å². The van der Waals surface area contributed by atoms with Crippen LogP contribution in [0.25, 0.3) is 10.8 Å². The fraction of sp³-hybridized carbons (Fsp3) is 0.0833. The first-order valence-electron chi connectivity index (χ1n) is 4.34. The molecule has 0 saturated heterocycles. The summed E-state index contributed by atoms with van der Waals surface area (Å²) in [5.74, 6) is 0. The number of hydrogen-bond donors (Lipinski definition) is 1. The molecule has 0 aliphatic rings. The quantitative estimate of drug-likeness (QED) is 0.591. The Hall–Kier alpha value is 0.101. The molecular weight excluding hydrogens is 323 g/mol. The summed E-state index contributed by atoms with van der Waals surface area (Å²) in [6.45, 7) is 3.04. The molecule has 2 aromatic rings. The Morgan fingerprint density at radius 1 is 1.28 bits per heavy atom. The van der Waals surface area contributed by atoms with E-state index in [-0.39, 0.29) is 38.8 Å². The molecule has 0 unspecified atom stereocenters. The first-order chi connectivity index (χ1) is 7.29. The van der Waals surface area contributed by atoms with Gasteiger partial charge in [0.05, 0.1) is 0 Å². The van der Waals surface area contributed by atoms with Crippen molar-refractivity contribution in [2.45, 2.75) is 0 Å². The molecule has 6 heteroatoms. The van der Waals surface area contributed by atoms with Gasteiger partial charge in [0.1, 0.15) is 0 Å². The van der Waals surface area contributed by atoms with E-state index in [0.29, 0.717) is 0 Å². The zero-order chi connectivity index (χ0) is 11.5. The third-order valence-electron chi connectivity index (χ3n) is 1.55. The molecule has 2 rings (SSSR count). The number of aliphatic hydroxyl groups excluding tert-OH is 1. The van der Waals surface area contributed by atoms with Crippen molar-refractivity contribution >= 4 is 43.2 Å². The summed E-state index contributed by atoms with van der Waals surface area (Å²) < 4.78 is 8.97. The molecule has 0 aliphatic heterocycles. The Morgan fingerprint density at radius 2 is 1.72 bits per heavy atom. The predicted molar refractivity (Wildman–Crippen MR) is 79.3 cm³/mol. The number of fused-ring (bicyclic) bond motifs is 1. The zero-order valence-electron chi connectivity index (χ0n) is 10.1. The largest absolute Gasteiger partial charge is 0.168 e. The van der Waals surface area contributed by atoms with Crippen molar-refractivity contribution in [2.75, 3.05) is 6.61 Å². The summed E-state index contributed by atoms with van der Waals surface area (Å²) in [5.41, 5.74) is 0. The molecule has 18 heavy (non-hydrogen) atoms. The molecule has 2 nitrogen and oxygen atoms in total. The summed E-state index contributed by atoms with van der Waals surface area (Å²) in [6.07, 6.45) is 0. The molecule has 0 aliphatic carbocycles. The van der Waals surface area contributed by atoms with Crippen LogP contribution in [-0.2, 0) is 21.2 Å². The van der Waals surface area contributed by atoms with E-state index in [4.69, 9.17) is 8.43 Å². The van der Waals surface area contributed by atoms with Crippen molar-refractivity contribution in [3.63, 3.8) is 0 Å². The summed E-state index contributed by atoms with van der Waals surface area (Å²) in [5, 5.41) is 10.1. The molecule has 0 aromatic heterocycles. The van der Waals surface area contributed by atoms with Gasteiger partial charge in [-0.05, 0) is 0 Å². The fourth-order valence-electron chi connectivity index (χ4n) is 1.07. The Kier molecular flexibility index (Phi) is 28.8. The number of halogens is 2. The van der Waals surface area contributed by atoms with E-state index in [0.717, 1.165) is 0 Å². The normalized spacial score (nSPS) is 6.56. The van der Waals surface area contributed by atoms with Crippen molar-refractivity contribution in [1.29, 1.82) is 0 Å². The second-order valence-corrected chi connectivity index (χ2v) is 3.64. The molecule has 1 N–H and O–H groups in total. The van der Waals surface area contributed by atoms with Gasteiger partial charge < -0.3 is 19.5 Å². The van der Waals surface area contributed by atoms with E-state index in [9.17, 15) is 0 Å². The van der Waals surface area contributed by atoms with E-state index in [1.165, 1.54) is 10.8 Å². The molecule has 2 aromatic carbocycles. The Balaban J connectivity index is -0.0000000964. The van der Waals surface area contributed by atoms with Crippen LogP contribution in [0.5, 0.6) is 0 Å². The average molecular weight is 340 g/mol. The monoisotopic (exact) mass is 339 g/mol. The molecular formula is C12H17Cl2O2SiTi-3. The van der Waals surface area contributed by atoms with Crippen LogP contribution in [0.3, 0.4) is 0 Å². The van der Waals surface area contributed by atoms with E-state index < -0.39 is 17.9 Å². The van der Waals surface area contributed by atoms with Gasteiger partial charge in [0, 0.05) is 0 Å². The third-order valence-corrected chi connectivity index (χ3v) is 1.55. The summed E-state index contributed by atoms with van der Waals surface area (Å²) in [6, 6.07) is 14.7. The second-order valence-electron chi connectivity index (χ2n) is 2.48. The van der Waals surface area contributed by atoms with Gasteiger partial charge in [0.15, 0.2) is 0 Å². The number of benzene rings is 1. The molecule has 0 spiro atoms. The molecule has 0 bridgehead atoms. The first kappa shape index (κ1) is 26.6. The SMILES string of the molecule is Cl.Cl.[CH2-]CO.[CH3-].[O]=[Ti]=[Si].c1ccc2[cH-]ccc2c1. The van der Waals surface area contributed by atoms with Crippen LogP contribution >= 0.6 is 24.8 Å². The van der Waals surface area contributed by atoms with Crippen molar-refractivity contribution in [2.24, 2.45) is 0 Å². The minimum Gasteiger partial charge on any atom is -0.168 e. The van der Waals surface area contributed by atoms with Gasteiger partial charge in [0.2, 0.25) is 0 Å². The molecule has 0 heterocycles. The van der Waals surface area contributed by atoms with Crippen LogP contribution in [0.4, 0.5) is 0 Å². The van der Waals surface area contributed by atoms with E-state index >= 15 is 0 Å². The second kappa shape index (κ2) is 19.4. The smallest absolute Gasteiger partial charge is 0.0809 e. The van der Waals surface area contributed by atoms with Crippen LogP contribution in [0.2, 0.25) is 0 Å². The minimum absolute atomic E-state index is 0. The number of aliphatic hydroxyl groups is 1. The Labute approximate surface area is 132 Å². The van der Waals surface area contributed by atoms with Crippen LogP contribution in [0, 0.1) is 14.4 Å². The van der Waals surface area contributed by atoms with E-state index in [2.05, 4.69) is 57.0 Å². The van der Waals surface area contributed by atoms with Gasteiger partial charge in [-0.1, -0.05) is 12.7 Å². The predicted octanol–water partition coefficient (Wildman–Crippen LogP) is 3.16. The zero-order valence-corrected chi connectivity index (χ0v) is 14.3. The van der Waals surface area contributed by atoms with Gasteiger partial charge in [-0.3, -0.25) is 0 Å². The molecule has 0 amide bonds. The minimum atomic E-state index is -0.944. The van der Waals surface area contributed by atoms with Crippen molar-refractivity contribution in [3.8, 4) is 0 Å². The van der Waals surface area contributed by atoms with Gasteiger partial charge in [-0.25, -0.2) is 0 Å². The maximum absolute atomic E-state index is 8.97. The number of hydrogen-bond acceptors (Lipinski definition) is 2. The van der Waals surface area contributed by atoms with Gasteiger partial charge in [0.25, 0.3) is 0 Å². The van der Waals surface area contributed by atoms with Crippen LogP contribution < -0.4 is 0 Å². The molecule has 102 valence electrons. The maximum Gasteiger partial charge on any atom is -0.0809 e. The molecule has 0 atom stereocenters. The van der Waals surface area contributed by atoms with E-state index in [1.54, 1.807) is 0 Å². The summed E-state index contributed by atoms with van der Waals surface area (Å²) in [7, 11) is 2.75. The summed E-state index contributed by atoms with van der Waals surface area (Å²) >= 11 is -0.944. The topological polar surface area (TPSA) is 37.3 Å². The van der Waals surface area contributed by atoms with Gasteiger partial charge >= 0.3 is 28.8 Å². The first-order valence-corrected chi connectivity index (χ1v) is 7.82. The van der Waals surface area contributed by atoms with E-state index in [1.807, 2.05) is 0 Å². The standard InChI is InChI=1S/C9H7.C2H5O.CH3.2ClH.O.Si.Ti/c1-2-5-9-7-3-6-8(9)4-1;1-2-3;;;;;;/h1-7H;3H,1-2H2;1H3;2*1H;;;/q3*-1;;;;;. The average Bonchev–Trinajstić information content (AvgIpc) is 2.67.